The third kappa shape index (κ3) is 5.05. The fourth-order valence-electron chi connectivity index (χ4n) is 4.21. The highest BCUT2D eigenvalue weighted by Gasteiger charge is 2.26. The lowest BCUT2D eigenvalue weighted by atomic mass is 10.1. The zero-order chi connectivity index (χ0) is 22.1. The van der Waals surface area contributed by atoms with E-state index in [-0.39, 0.29) is 17.4 Å². The predicted molar refractivity (Wildman–Crippen MR) is 122 cm³/mol. The number of piperazine rings is 1. The highest BCUT2D eigenvalue weighted by Crippen LogP contribution is 2.25. The van der Waals surface area contributed by atoms with Gasteiger partial charge in [-0.05, 0) is 65.0 Å². The van der Waals surface area contributed by atoms with E-state index in [0.717, 1.165) is 22.6 Å². The lowest BCUT2D eigenvalue weighted by molar-refractivity contribution is 0.0883. The summed E-state index contributed by atoms with van der Waals surface area (Å²) in [4.78, 5) is 29.3. The van der Waals surface area contributed by atoms with Crippen LogP contribution in [0.15, 0.2) is 30.3 Å². The summed E-state index contributed by atoms with van der Waals surface area (Å²) in [5.41, 5.74) is 3.58. The van der Waals surface area contributed by atoms with Crippen molar-refractivity contribution in [3.8, 4) is 0 Å². The van der Waals surface area contributed by atoms with Gasteiger partial charge in [0, 0.05) is 59.4 Å². The summed E-state index contributed by atoms with van der Waals surface area (Å²) < 4.78 is 2.22. The molecule has 0 spiro atoms. The van der Waals surface area contributed by atoms with Crippen LogP contribution in [0.5, 0.6) is 0 Å². The number of anilines is 1. The second-order valence-electron chi connectivity index (χ2n) is 8.91. The van der Waals surface area contributed by atoms with Gasteiger partial charge in [0.2, 0.25) is 0 Å². The number of halogens is 1. The minimum atomic E-state index is -0.128. The number of urea groups is 1. The molecule has 0 unspecified atom stereocenters. The molecule has 2 aromatic rings. The number of nitrogens with zero attached hydrogens (tertiary/aromatic N) is 3. The Balaban J connectivity index is 1.55. The number of ketones is 1. The first-order valence-electron chi connectivity index (χ1n) is 10.3. The standard InChI is InChI=1S/C23H31ClN4O2/c1-16-14-20(17(2)28(16)23(3,4)5)21(29)15-26-10-12-27(13-11-26)22(30)25-19-8-6-18(24)7-9-19/h6-9,14H,10-13,15H2,1-5H3,(H,25,30). The van der Waals surface area contributed by atoms with Crippen LogP contribution in [0.2, 0.25) is 5.02 Å². The van der Waals surface area contributed by atoms with E-state index in [1.165, 1.54) is 0 Å². The number of aromatic nitrogens is 1. The molecule has 1 fully saturated rings. The molecule has 1 aliphatic rings. The third-order valence-corrected chi connectivity index (χ3v) is 5.78. The Kier molecular flexibility index (Phi) is 6.58. The van der Waals surface area contributed by atoms with E-state index < -0.39 is 0 Å². The molecular weight excluding hydrogens is 400 g/mol. The van der Waals surface area contributed by atoms with Crippen molar-refractivity contribution in [3.63, 3.8) is 0 Å². The van der Waals surface area contributed by atoms with Gasteiger partial charge < -0.3 is 14.8 Å². The van der Waals surface area contributed by atoms with Crippen molar-refractivity contribution in [3.05, 3.63) is 52.3 Å². The maximum absolute atomic E-state index is 13.0. The van der Waals surface area contributed by atoms with Gasteiger partial charge in [-0.15, -0.1) is 0 Å². The fraction of sp³-hybridized carbons (Fsp3) is 0.478. The monoisotopic (exact) mass is 430 g/mol. The number of benzene rings is 1. The first kappa shape index (κ1) is 22.4. The lowest BCUT2D eigenvalue weighted by Crippen LogP contribution is -2.51. The highest BCUT2D eigenvalue weighted by molar-refractivity contribution is 6.30. The van der Waals surface area contributed by atoms with Gasteiger partial charge in [0.25, 0.3) is 0 Å². The Morgan fingerprint density at radius 2 is 1.63 bits per heavy atom. The Bertz CT molecular complexity index is 920. The van der Waals surface area contributed by atoms with Crippen LogP contribution in [0, 0.1) is 13.8 Å². The number of hydrogen-bond donors (Lipinski definition) is 1. The number of Topliss-reactive ketones (excluding diaryl/α,β-unsaturated/α-hetero) is 1. The van der Waals surface area contributed by atoms with Gasteiger partial charge in [0.1, 0.15) is 0 Å². The average molecular weight is 431 g/mol. The molecule has 1 aromatic heterocycles. The molecule has 162 valence electrons. The summed E-state index contributed by atoms with van der Waals surface area (Å²) >= 11 is 5.88. The van der Waals surface area contributed by atoms with Gasteiger partial charge in [0.05, 0.1) is 6.54 Å². The summed E-state index contributed by atoms with van der Waals surface area (Å²) in [5.74, 6) is 0.137. The quantitative estimate of drug-likeness (QED) is 0.724. The van der Waals surface area contributed by atoms with Crippen LogP contribution < -0.4 is 5.32 Å². The molecule has 30 heavy (non-hydrogen) atoms. The van der Waals surface area contributed by atoms with Crippen LogP contribution in [0.4, 0.5) is 10.5 Å². The molecule has 1 saturated heterocycles. The van der Waals surface area contributed by atoms with Crippen LogP contribution >= 0.6 is 11.6 Å². The molecule has 0 aliphatic carbocycles. The van der Waals surface area contributed by atoms with E-state index in [9.17, 15) is 9.59 Å². The van der Waals surface area contributed by atoms with Crippen LogP contribution in [0.25, 0.3) is 0 Å². The van der Waals surface area contributed by atoms with E-state index in [1.54, 1.807) is 29.2 Å². The largest absolute Gasteiger partial charge is 0.343 e. The molecular formula is C23H31ClN4O2. The molecule has 3 rings (SSSR count). The fourth-order valence-corrected chi connectivity index (χ4v) is 4.34. The van der Waals surface area contributed by atoms with E-state index >= 15 is 0 Å². The number of amides is 2. The van der Waals surface area contributed by atoms with Crippen molar-refractivity contribution in [1.82, 2.24) is 14.4 Å². The van der Waals surface area contributed by atoms with Gasteiger partial charge in [-0.3, -0.25) is 9.69 Å². The second-order valence-corrected chi connectivity index (χ2v) is 9.35. The summed E-state index contributed by atoms with van der Waals surface area (Å²) in [7, 11) is 0. The number of hydrogen-bond acceptors (Lipinski definition) is 3. The topological polar surface area (TPSA) is 57.6 Å². The molecule has 0 saturated carbocycles. The van der Waals surface area contributed by atoms with Crippen molar-refractivity contribution < 1.29 is 9.59 Å². The molecule has 2 amide bonds. The smallest absolute Gasteiger partial charge is 0.321 e. The van der Waals surface area contributed by atoms with E-state index in [0.29, 0.717) is 37.7 Å². The highest BCUT2D eigenvalue weighted by atomic mass is 35.5. The van der Waals surface area contributed by atoms with E-state index in [2.05, 4.69) is 35.6 Å². The number of carbonyl (C=O) groups excluding carboxylic acids is 2. The van der Waals surface area contributed by atoms with Crippen LogP contribution in [0.3, 0.4) is 0 Å². The maximum Gasteiger partial charge on any atom is 0.321 e. The molecule has 1 N–H and O–H groups in total. The van der Waals surface area contributed by atoms with Crippen molar-refractivity contribution in [2.24, 2.45) is 0 Å². The van der Waals surface area contributed by atoms with E-state index in [4.69, 9.17) is 11.6 Å². The van der Waals surface area contributed by atoms with Crippen molar-refractivity contribution in [2.45, 2.75) is 40.2 Å². The Morgan fingerprint density at radius 1 is 1.03 bits per heavy atom. The van der Waals surface area contributed by atoms with Crippen LogP contribution in [0.1, 0.15) is 42.5 Å². The molecule has 1 aromatic carbocycles. The molecule has 7 heteroatoms. The van der Waals surface area contributed by atoms with Crippen molar-refractivity contribution in [2.75, 3.05) is 38.0 Å². The number of carbonyl (C=O) groups is 2. The molecule has 2 heterocycles. The van der Waals surface area contributed by atoms with Gasteiger partial charge in [-0.2, -0.15) is 0 Å². The third-order valence-electron chi connectivity index (χ3n) is 5.52. The molecule has 0 bridgehead atoms. The first-order valence-corrected chi connectivity index (χ1v) is 10.7. The van der Waals surface area contributed by atoms with Gasteiger partial charge in [-0.25, -0.2) is 4.79 Å². The summed E-state index contributed by atoms with van der Waals surface area (Å²) in [6.45, 7) is 13.4. The van der Waals surface area contributed by atoms with Gasteiger partial charge in [-0.1, -0.05) is 11.6 Å². The number of aryl methyl sites for hydroxylation is 1. The molecule has 6 nitrogen and oxygen atoms in total. The number of nitrogens with one attached hydrogen (secondary N) is 1. The Morgan fingerprint density at radius 3 is 2.17 bits per heavy atom. The first-order chi connectivity index (χ1) is 14.1. The zero-order valence-corrected chi connectivity index (χ0v) is 19.2. The summed E-state index contributed by atoms with van der Waals surface area (Å²) in [6, 6.07) is 8.93. The van der Waals surface area contributed by atoms with Crippen LogP contribution in [-0.2, 0) is 5.54 Å². The van der Waals surface area contributed by atoms with Crippen LogP contribution in [-0.4, -0.2) is 58.9 Å². The maximum atomic E-state index is 13.0. The SMILES string of the molecule is Cc1cc(C(=O)CN2CCN(C(=O)Nc3ccc(Cl)cc3)CC2)c(C)n1C(C)(C)C. The summed E-state index contributed by atoms with van der Waals surface area (Å²) in [6.07, 6.45) is 0. The van der Waals surface area contributed by atoms with Crippen molar-refractivity contribution >= 4 is 29.1 Å². The average Bonchev–Trinajstić information content (AvgIpc) is 2.98. The summed E-state index contributed by atoms with van der Waals surface area (Å²) in [5, 5.41) is 3.52. The minimum Gasteiger partial charge on any atom is -0.343 e. The van der Waals surface area contributed by atoms with Gasteiger partial charge >= 0.3 is 6.03 Å². The van der Waals surface area contributed by atoms with Crippen molar-refractivity contribution in [1.29, 1.82) is 0 Å². The second kappa shape index (κ2) is 8.82. The molecule has 0 radical (unpaired) electrons. The van der Waals surface area contributed by atoms with Gasteiger partial charge in [0.15, 0.2) is 5.78 Å². The normalized spacial score (nSPS) is 15.3. The molecule has 1 aliphatic heterocycles. The Labute approximate surface area is 183 Å². The minimum absolute atomic E-state index is 0.0598. The zero-order valence-electron chi connectivity index (χ0n) is 18.5. The van der Waals surface area contributed by atoms with E-state index in [1.807, 2.05) is 19.9 Å². The Hall–Kier alpha value is -2.31. The molecule has 0 atom stereocenters. The predicted octanol–water partition coefficient (Wildman–Crippen LogP) is 4.55. The number of rotatable bonds is 4. The lowest BCUT2D eigenvalue weighted by Gasteiger charge is -2.34.